The van der Waals surface area contributed by atoms with E-state index in [4.69, 9.17) is 21.3 Å². The molecule has 1 aromatic carbocycles. The van der Waals surface area contributed by atoms with Gasteiger partial charge < -0.3 is 14.4 Å². The Balaban J connectivity index is 1.39. The van der Waals surface area contributed by atoms with Gasteiger partial charge in [-0.05, 0) is 38.8 Å². The highest BCUT2D eigenvalue weighted by Crippen LogP contribution is 2.40. The normalized spacial score (nSPS) is 22.2. The second kappa shape index (κ2) is 8.55. The lowest BCUT2D eigenvalue weighted by Crippen LogP contribution is -2.53. The SMILES string of the molecule is Cc1c2c(cn1C)-n1c(C)nnc1C(CC(O)N1CCC3(CC1)COC3)N=C2c1ccc(Cl)cc1. The highest BCUT2D eigenvalue weighted by molar-refractivity contribution is 6.30. The fourth-order valence-electron chi connectivity index (χ4n) is 5.65. The van der Waals surface area contributed by atoms with Gasteiger partial charge in [-0.2, -0.15) is 0 Å². The molecule has 35 heavy (non-hydrogen) atoms. The Hall–Kier alpha value is -2.52. The van der Waals surface area contributed by atoms with Crippen molar-refractivity contribution in [3.05, 3.63) is 64.0 Å². The number of hydrogen-bond donors (Lipinski definition) is 1. The van der Waals surface area contributed by atoms with Crippen LogP contribution >= 0.6 is 11.6 Å². The molecule has 0 aliphatic carbocycles. The number of hydrogen-bond acceptors (Lipinski definition) is 6. The zero-order valence-electron chi connectivity index (χ0n) is 20.4. The van der Waals surface area contributed by atoms with Crippen LogP contribution in [0.2, 0.25) is 5.02 Å². The number of piperidine rings is 1. The van der Waals surface area contributed by atoms with Gasteiger partial charge in [0.15, 0.2) is 5.82 Å². The smallest absolute Gasteiger partial charge is 0.162 e. The summed E-state index contributed by atoms with van der Waals surface area (Å²) in [7, 11) is 2.04. The van der Waals surface area contributed by atoms with E-state index in [2.05, 4.69) is 37.4 Å². The average molecular weight is 495 g/mol. The Kier molecular flexibility index (Phi) is 5.60. The second-order valence-corrected chi connectivity index (χ2v) is 10.7. The zero-order chi connectivity index (χ0) is 24.3. The van der Waals surface area contributed by atoms with E-state index in [9.17, 15) is 5.11 Å². The van der Waals surface area contributed by atoms with E-state index in [1.54, 1.807) is 0 Å². The van der Waals surface area contributed by atoms with Gasteiger partial charge in [-0.3, -0.25) is 14.5 Å². The fourth-order valence-corrected chi connectivity index (χ4v) is 5.77. The van der Waals surface area contributed by atoms with Crippen LogP contribution in [-0.2, 0) is 11.8 Å². The van der Waals surface area contributed by atoms with Gasteiger partial charge >= 0.3 is 0 Å². The number of ether oxygens (including phenoxy) is 1. The fraction of sp³-hybridized carbons (Fsp3) is 0.500. The molecule has 3 aromatic rings. The highest BCUT2D eigenvalue weighted by atomic mass is 35.5. The number of aliphatic hydroxyl groups is 1. The molecule has 2 unspecified atom stereocenters. The first-order valence-electron chi connectivity index (χ1n) is 12.3. The molecule has 3 aliphatic rings. The Morgan fingerprint density at radius 1 is 1.14 bits per heavy atom. The molecule has 3 aliphatic heterocycles. The molecule has 0 saturated carbocycles. The largest absolute Gasteiger partial charge is 0.380 e. The van der Waals surface area contributed by atoms with Crippen LogP contribution in [0, 0.1) is 19.3 Å². The Morgan fingerprint density at radius 2 is 1.86 bits per heavy atom. The molecular weight excluding hydrogens is 464 g/mol. The summed E-state index contributed by atoms with van der Waals surface area (Å²) in [5.41, 5.74) is 5.39. The van der Waals surface area contributed by atoms with Crippen molar-refractivity contribution in [2.75, 3.05) is 26.3 Å². The third-order valence-electron chi connectivity index (χ3n) is 8.02. The summed E-state index contributed by atoms with van der Waals surface area (Å²) in [6.07, 6.45) is 4.08. The monoisotopic (exact) mass is 494 g/mol. The lowest BCUT2D eigenvalue weighted by Gasteiger charge is -2.48. The third-order valence-corrected chi connectivity index (χ3v) is 8.27. The Morgan fingerprint density at radius 3 is 2.51 bits per heavy atom. The number of aromatic nitrogens is 4. The molecule has 2 aromatic heterocycles. The van der Waals surface area contributed by atoms with Gasteiger partial charge in [-0.1, -0.05) is 23.7 Å². The second-order valence-electron chi connectivity index (χ2n) is 10.3. The van der Waals surface area contributed by atoms with E-state index >= 15 is 0 Å². The van der Waals surface area contributed by atoms with E-state index in [0.29, 0.717) is 16.9 Å². The van der Waals surface area contributed by atoms with Crippen LogP contribution in [0.3, 0.4) is 0 Å². The summed E-state index contributed by atoms with van der Waals surface area (Å²) >= 11 is 6.20. The molecule has 2 atom stereocenters. The number of halogens is 1. The number of aliphatic hydroxyl groups excluding tert-OH is 1. The van der Waals surface area contributed by atoms with Crippen molar-refractivity contribution in [3.8, 4) is 5.69 Å². The van der Waals surface area contributed by atoms with Crippen molar-refractivity contribution < 1.29 is 9.84 Å². The van der Waals surface area contributed by atoms with Gasteiger partial charge in [0.1, 0.15) is 18.1 Å². The molecule has 0 radical (unpaired) electrons. The Labute approximate surface area is 210 Å². The highest BCUT2D eigenvalue weighted by Gasteiger charge is 2.42. The number of aryl methyl sites for hydroxylation is 2. The molecule has 0 amide bonds. The topological polar surface area (TPSA) is 80.7 Å². The van der Waals surface area contributed by atoms with Crippen LogP contribution < -0.4 is 0 Å². The predicted octanol–water partition coefficient (Wildman–Crippen LogP) is 3.59. The molecule has 6 rings (SSSR count). The number of aliphatic imine (C=N–C) groups is 1. The minimum atomic E-state index is -0.608. The lowest BCUT2D eigenvalue weighted by molar-refractivity contribution is -0.154. The summed E-state index contributed by atoms with van der Waals surface area (Å²) < 4.78 is 9.68. The summed E-state index contributed by atoms with van der Waals surface area (Å²) in [5.74, 6) is 1.57. The predicted molar refractivity (Wildman–Crippen MR) is 134 cm³/mol. The first-order valence-corrected chi connectivity index (χ1v) is 12.7. The zero-order valence-corrected chi connectivity index (χ0v) is 21.2. The van der Waals surface area contributed by atoms with Crippen molar-refractivity contribution in [1.29, 1.82) is 0 Å². The van der Waals surface area contributed by atoms with E-state index in [1.807, 2.05) is 38.2 Å². The van der Waals surface area contributed by atoms with Gasteiger partial charge in [0.2, 0.25) is 0 Å². The van der Waals surface area contributed by atoms with Crippen LogP contribution in [0.15, 0.2) is 35.5 Å². The molecule has 1 N–H and O–H groups in total. The van der Waals surface area contributed by atoms with E-state index in [-0.39, 0.29) is 6.04 Å². The summed E-state index contributed by atoms with van der Waals surface area (Å²) in [4.78, 5) is 7.45. The number of nitrogens with zero attached hydrogens (tertiary/aromatic N) is 6. The number of rotatable bonds is 4. The summed E-state index contributed by atoms with van der Waals surface area (Å²) in [6, 6.07) is 7.47. The van der Waals surface area contributed by atoms with Crippen LogP contribution in [0.5, 0.6) is 0 Å². The molecule has 9 heteroatoms. The molecule has 2 saturated heterocycles. The van der Waals surface area contributed by atoms with E-state index in [1.165, 1.54) is 0 Å². The minimum Gasteiger partial charge on any atom is -0.380 e. The van der Waals surface area contributed by atoms with Gasteiger partial charge in [0.05, 0.1) is 24.6 Å². The summed E-state index contributed by atoms with van der Waals surface area (Å²) in [6.45, 7) is 7.53. The van der Waals surface area contributed by atoms with Crippen LogP contribution in [0.1, 0.15) is 53.8 Å². The number of fused-ring (bicyclic) bond motifs is 3. The first kappa shape index (κ1) is 22.9. The Bertz CT molecular complexity index is 1280. The maximum absolute atomic E-state index is 11.3. The van der Waals surface area contributed by atoms with Crippen molar-refractivity contribution >= 4 is 17.3 Å². The maximum Gasteiger partial charge on any atom is 0.162 e. The molecular formula is C26H31ClN6O2. The average Bonchev–Trinajstić information content (AvgIpc) is 3.31. The molecule has 2 fully saturated rings. The van der Waals surface area contributed by atoms with Gasteiger partial charge in [0, 0.05) is 60.0 Å². The lowest BCUT2D eigenvalue weighted by atomic mass is 9.76. The van der Waals surface area contributed by atoms with Gasteiger partial charge in [-0.25, -0.2) is 0 Å². The van der Waals surface area contributed by atoms with Crippen LogP contribution in [0.4, 0.5) is 0 Å². The summed E-state index contributed by atoms with van der Waals surface area (Å²) in [5, 5.41) is 21.0. The van der Waals surface area contributed by atoms with Crippen molar-refractivity contribution in [2.24, 2.45) is 17.5 Å². The van der Waals surface area contributed by atoms with E-state index in [0.717, 1.165) is 79.0 Å². The van der Waals surface area contributed by atoms with Crippen LogP contribution in [0.25, 0.3) is 5.69 Å². The minimum absolute atomic E-state index is 0.329. The van der Waals surface area contributed by atoms with Crippen molar-refractivity contribution in [1.82, 2.24) is 24.2 Å². The quantitative estimate of drug-likeness (QED) is 0.599. The molecule has 1 spiro atoms. The molecule has 8 nitrogen and oxygen atoms in total. The third kappa shape index (κ3) is 3.83. The molecule has 184 valence electrons. The van der Waals surface area contributed by atoms with Gasteiger partial charge in [-0.15, -0.1) is 10.2 Å². The molecule has 0 bridgehead atoms. The number of benzene rings is 1. The molecule has 5 heterocycles. The number of likely N-dealkylation sites (tertiary alicyclic amines) is 1. The van der Waals surface area contributed by atoms with Gasteiger partial charge in [0.25, 0.3) is 0 Å². The van der Waals surface area contributed by atoms with E-state index < -0.39 is 6.23 Å². The maximum atomic E-state index is 11.3. The standard InChI is InChI=1S/C26H31ClN6O2/c1-16-23-21(13-31(16)3)33-17(2)29-30-25(33)20(28-24(23)18-4-6-19(27)7-5-18)12-22(34)32-10-8-26(9-11-32)14-35-15-26/h4-7,13,20,22,34H,8-12,14-15H2,1-3H3. The van der Waals surface area contributed by atoms with Crippen LogP contribution in [-0.4, -0.2) is 67.6 Å². The first-order chi connectivity index (χ1) is 16.8. The van der Waals surface area contributed by atoms with Crippen molar-refractivity contribution in [2.45, 2.75) is 45.4 Å². The van der Waals surface area contributed by atoms with Crippen molar-refractivity contribution in [3.63, 3.8) is 0 Å².